The van der Waals surface area contributed by atoms with Crippen LogP contribution in [0.5, 0.6) is 0 Å². The van der Waals surface area contributed by atoms with Crippen LogP contribution < -0.4 is 5.73 Å². The van der Waals surface area contributed by atoms with Gasteiger partial charge in [0, 0.05) is 5.69 Å². The molecule has 2 heteroatoms. The molecule has 1 aromatic rings. The molecule has 0 saturated heterocycles. The molecule has 2 N–H and O–H groups in total. The summed E-state index contributed by atoms with van der Waals surface area (Å²) in [6.45, 7) is 3.01. The Morgan fingerprint density at radius 3 is 3.00 bits per heavy atom. The molecule has 1 aliphatic rings. The number of ether oxygens (including phenoxy) is 1. The van der Waals surface area contributed by atoms with E-state index < -0.39 is 0 Å². The zero-order valence-corrected chi connectivity index (χ0v) is 9.99. The number of anilines is 1. The van der Waals surface area contributed by atoms with Gasteiger partial charge in [-0.05, 0) is 36.5 Å². The minimum atomic E-state index is 0.449. The first-order valence-corrected chi connectivity index (χ1v) is 6.20. The molecule has 0 aliphatic heterocycles. The Balaban J connectivity index is 1.82. The summed E-state index contributed by atoms with van der Waals surface area (Å²) in [5, 5.41) is 0. The molecule has 1 saturated carbocycles. The van der Waals surface area contributed by atoms with Gasteiger partial charge >= 0.3 is 0 Å². The molecule has 1 aliphatic carbocycles. The van der Waals surface area contributed by atoms with Crippen LogP contribution in [0.2, 0.25) is 0 Å². The third kappa shape index (κ3) is 3.24. The van der Waals surface area contributed by atoms with Crippen LogP contribution in [-0.4, -0.2) is 6.10 Å². The number of hydrogen-bond donors (Lipinski definition) is 1. The highest BCUT2D eigenvalue weighted by Gasteiger charge is 2.19. The lowest BCUT2D eigenvalue weighted by Gasteiger charge is -2.26. The van der Waals surface area contributed by atoms with Crippen molar-refractivity contribution in [1.82, 2.24) is 0 Å². The largest absolute Gasteiger partial charge is 0.399 e. The van der Waals surface area contributed by atoms with E-state index >= 15 is 0 Å². The van der Waals surface area contributed by atoms with Crippen molar-refractivity contribution in [3.05, 3.63) is 29.8 Å². The van der Waals surface area contributed by atoms with Gasteiger partial charge in [0.05, 0.1) is 12.7 Å². The van der Waals surface area contributed by atoms with E-state index in [9.17, 15) is 0 Å². The van der Waals surface area contributed by atoms with Gasteiger partial charge in [0.15, 0.2) is 0 Å². The van der Waals surface area contributed by atoms with Gasteiger partial charge in [-0.15, -0.1) is 0 Å². The average molecular weight is 219 g/mol. The van der Waals surface area contributed by atoms with Crippen LogP contribution in [-0.2, 0) is 11.3 Å². The van der Waals surface area contributed by atoms with Crippen molar-refractivity contribution in [1.29, 1.82) is 0 Å². The number of nitrogens with two attached hydrogens (primary N) is 1. The lowest BCUT2D eigenvalue weighted by molar-refractivity contribution is 0.00469. The number of nitrogen functional groups attached to an aromatic ring is 1. The molecule has 2 nitrogen and oxygen atoms in total. The average Bonchev–Trinajstić information content (AvgIpc) is 2.27. The van der Waals surface area contributed by atoms with E-state index in [1.54, 1.807) is 0 Å². The van der Waals surface area contributed by atoms with Crippen LogP contribution in [0.25, 0.3) is 0 Å². The second-order valence-electron chi connectivity index (χ2n) is 4.95. The van der Waals surface area contributed by atoms with Gasteiger partial charge in [0.1, 0.15) is 0 Å². The van der Waals surface area contributed by atoms with Gasteiger partial charge in [0.2, 0.25) is 0 Å². The SMILES string of the molecule is C[C@@H]1CCC[C@@H](OCc2cccc(N)c2)C1. The molecule has 1 aromatic carbocycles. The molecule has 2 rings (SSSR count). The molecular formula is C14H21NO. The summed E-state index contributed by atoms with van der Waals surface area (Å²) in [4.78, 5) is 0. The highest BCUT2D eigenvalue weighted by Crippen LogP contribution is 2.26. The van der Waals surface area contributed by atoms with E-state index in [0.29, 0.717) is 12.7 Å². The van der Waals surface area contributed by atoms with Crippen LogP contribution in [0.4, 0.5) is 5.69 Å². The van der Waals surface area contributed by atoms with Crippen molar-refractivity contribution in [2.45, 2.75) is 45.3 Å². The van der Waals surface area contributed by atoms with Gasteiger partial charge in [-0.3, -0.25) is 0 Å². The Morgan fingerprint density at radius 2 is 2.25 bits per heavy atom. The van der Waals surface area contributed by atoms with Gasteiger partial charge in [-0.2, -0.15) is 0 Å². The van der Waals surface area contributed by atoms with Crippen molar-refractivity contribution in [3.63, 3.8) is 0 Å². The van der Waals surface area contributed by atoms with Crippen LogP contribution >= 0.6 is 0 Å². The highest BCUT2D eigenvalue weighted by molar-refractivity contribution is 5.40. The van der Waals surface area contributed by atoms with Crippen molar-refractivity contribution >= 4 is 5.69 Å². The Kier molecular flexibility index (Phi) is 3.83. The van der Waals surface area contributed by atoms with E-state index in [2.05, 4.69) is 13.0 Å². The monoisotopic (exact) mass is 219 g/mol. The Bertz CT molecular complexity index is 337. The smallest absolute Gasteiger partial charge is 0.0721 e. The predicted octanol–water partition coefficient (Wildman–Crippen LogP) is 3.36. The summed E-state index contributed by atoms with van der Waals surface area (Å²) in [5.41, 5.74) is 7.73. The van der Waals surface area contributed by atoms with Gasteiger partial charge in [-0.1, -0.05) is 31.9 Å². The fraction of sp³-hybridized carbons (Fsp3) is 0.571. The van der Waals surface area contributed by atoms with Crippen molar-refractivity contribution < 1.29 is 4.74 Å². The first kappa shape index (κ1) is 11.5. The second-order valence-corrected chi connectivity index (χ2v) is 4.95. The second kappa shape index (κ2) is 5.35. The number of hydrogen-bond acceptors (Lipinski definition) is 2. The molecule has 2 atom stereocenters. The minimum absolute atomic E-state index is 0.449. The number of rotatable bonds is 3. The van der Waals surface area contributed by atoms with E-state index in [1.165, 1.54) is 31.2 Å². The summed E-state index contributed by atoms with van der Waals surface area (Å²) in [6.07, 6.45) is 5.54. The van der Waals surface area contributed by atoms with Crippen LogP contribution in [0.3, 0.4) is 0 Å². The first-order valence-electron chi connectivity index (χ1n) is 6.20. The van der Waals surface area contributed by atoms with Crippen molar-refractivity contribution in [3.8, 4) is 0 Å². The maximum Gasteiger partial charge on any atom is 0.0721 e. The van der Waals surface area contributed by atoms with Crippen LogP contribution in [0.1, 0.15) is 38.2 Å². The molecule has 1 fully saturated rings. The molecular weight excluding hydrogens is 198 g/mol. The molecule has 0 aromatic heterocycles. The Labute approximate surface area is 97.8 Å². The maximum atomic E-state index is 5.94. The van der Waals surface area contributed by atoms with E-state index in [0.717, 1.165) is 11.6 Å². The standard InChI is InChI=1S/C14H21NO/c1-11-4-2-7-14(8-11)16-10-12-5-3-6-13(15)9-12/h3,5-6,9,11,14H,2,4,7-8,10,15H2,1H3/t11-,14-/m1/s1. The minimum Gasteiger partial charge on any atom is -0.399 e. The van der Waals surface area contributed by atoms with E-state index in [4.69, 9.17) is 10.5 Å². The summed E-state index contributed by atoms with van der Waals surface area (Å²) >= 11 is 0. The lowest BCUT2D eigenvalue weighted by atomic mass is 9.89. The van der Waals surface area contributed by atoms with Gasteiger partial charge in [0.25, 0.3) is 0 Å². The normalized spacial score (nSPS) is 25.6. The van der Waals surface area contributed by atoms with Crippen LogP contribution in [0.15, 0.2) is 24.3 Å². The molecule has 0 spiro atoms. The Morgan fingerprint density at radius 1 is 1.38 bits per heavy atom. The summed E-state index contributed by atoms with van der Waals surface area (Å²) in [5.74, 6) is 0.819. The summed E-state index contributed by atoms with van der Waals surface area (Å²) in [6, 6.07) is 7.96. The van der Waals surface area contributed by atoms with E-state index in [1.807, 2.05) is 18.2 Å². The highest BCUT2D eigenvalue weighted by atomic mass is 16.5. The molecule has 0 bridgehead atoms. The maximum absolute atomic E-state index is 5.94. The van der Waals surface area contributed by atoms with Crippen molar-refractivity contribution in [2.24, 2.45) is 5.92 Å². The van der Waals surface area contributed by atoms with Gasteiger partial charge in [-0.25, -0.2) is 0 Å². The zero-order chi connectivity index (χ0) is 11.4. The Hall–Kier alpha value is -1.02. The quantitative estimate of drug-likeness (QED) is 0.791. The summed E-state index contributed by atoms with van der Waals surface area (Å²) < 4.78 is 5.94. The molecule has 0 amide bonds. The first-order chi connectivity index (χ1) is 7.74. The topological polar surface area (TPSA) is 35.2 Å². The summed E-state index contributed by atoms with van der Waals surface area (Å²) in [7, 11) is 0. The van der Waals surface area contributed by atoms with E-state index in [-0.39, 0.29) is 0 Å². The fourth-order valence-corrected chi connectivity index (χ4v) is 2.43. The molecule has 0 radical (unpaired) electrons. The third-order valence-corrected chi connectivity index (χ3v) is 3.33. The molecule has 0 heterocycles. The lowest BCUT2D eigenvalue weighted by Crippen LogP contribution is -2.21. The van der Waals surface area contributed by atoms with Crippen LogP contribution in [0, 0.1) is 5.92 Å². The third-order valence-electron chi connectivity index (χ3n) is 3.33. The number of benzene rings is 1. The zero-order valence-electron chi connectivity index (χ0n) is 9.99. The molecule has 0 unspecified atom stereocenters. The molecule has 16 heavy (non-hydrogen) atoms. The van der Waals surface area contributed by atoms with Gasteiger partial charge < -0.3 is 10.5 Å². The fourth-order valence-electron chi connectivity index (χ4n) is 2.43. The molecule has 88 valence electrons. The predicted molar refractivity (Wildman–Crippen MR) is 67.1 cm³/mol. The van der Waals surface area contributed by atoms with Crippen molar-refractivity contribution in [2.75, 3.05) is 5.73 Å².